The van der Waals surface area contributed by atoms with Crippen molar-refractivity contribution in [2.45, 2.75) is 6.54 Å². The topological polar surface area (TPSA) is 55.3 Å². The van der Waals surface area contributed by atoms with Crippen molar-refractivity contribution in [3.05, 3.63) is 81.5 Å². The molecule has 0 aliphatic carbocycles. The number of halogens is 2. The Morgan fingerprint density at radius 1 is 1.24 bits per heavy atom. The quantitative estimate of drug-likeness (QED) is 0.348. The molecule has 29 heavy (non-hydrogen) atoms. The lowest BCUT2D eigenvalue weighted by atomic mass is 10.2. The van der Waals surface area contributed by atoms with Gasteiger partial charge in [0.2, 0.25) is 0 Å². The molecular weight excluding hydrogens is 474 g/mol. The van der Waals surface area contributed by atoms with E-state index in [4.69, 9.17) is 21.3 Å². The SMILES string of the molecule is COc1ccc(Cl)c2sc(N(Cc3cccnc3)C(=O)c3cccc(Br)c3)nc12. The Hall–Kier alpha value is -2.48. The third-order valence-corrected chi connectivity index (χ3v) is 6.31. The molecule has 8 heteroatoms. The zero-order valence-electron chi connectivity index (χ0n) is 15.3. The highest BCUT2D eigenvalue weighted by atomic mass is 79.9. The second-order valence-corrected chi connectivity index (χ2v) is 8.49. The first kappa shape index (κ1) is 19.8. The molecule has 0 fully saturated rings. The summed E-state index contributed by atoms with van der Waals surface area (Å²) in [5, 5.41) is 1.11. The Bertz CT molecular complexity index is 1180. The van der Waals surface area contributed by atoms with E-state index < -0.39 is 0 Å². The van der Waals surface area contributed by atoms with Crippen LogP contribution < -0.4 is 9.64 Å². The van der Waals surface area contributed by atoms with Gasteiger partial charge in [-0.05, 0) is 42.0 Å². The molecule has 4 rings (SSSR count). The van der Waals surface area contributed by atoms with Crippen molar-refractivity contribution in [3.8, 4) is 5.75 Å². The van der Waals surface area contributed by atoms with Gasteiger partial charge in [0.05, 0.1) is 23.4 Å². The van der Waals surface area contributed by atoms with Crippen molar-refractivity contribution in [1.82, 2.24) is 9.97 Å². The van der Waals surface area contributed by atoms with Crippen LogP contribution in [0.2, 0.25) is 5.02 Å². The minimum absolute atomic E-state index is 0.163. The number of fused-ring (bicyclic) bond motifs is 1. The number of carbonyl (C=O) groups excluding carboxylic acids is 1. The second-order valence-electron chi connectivity index (χ2n) is 6.19. The van der Waals surface area contributed by atoms with E-state index in [1.807, 2.05) is 24.3 Å². The van der Waals surface area contributed by atoms with Crippen molar-refractivity contribution in [3.63, 3.8) is 0 Å². The first-order valence-corrected chi connectivity index (χ1v) is 10.6. The molecule has 0 bridgehead atoms. The number of methoxy groups -OCH3 is 1. The normalized spacial score (nSPS) is 10.9. The molecular formula is C21H15BrClN3O2S. The number of amides is 1. The molecule has 0 saturated carbocycles. The van der Waals surface area contributed by atoms with Crippen LogP contribution in [0.3, 0.4) is 0 Å². The van der Waals surface area contributed by atoms with Gasteiger partial charge in [-0.2, -0.15) is 0 Å². The Kier molecular flexibility index (Phi) is 5.80. The maximum Gasteiger partial charge on any atom is 0.260 e. The van der Waals surface area contributed by atoms with Crippen LogP contribution in [0, 0.1) is 0 Å². The van der Waals surface area contributed by atoms with Crippen LogP contribution in [-0.2, 0) is 6.54 Å². The number of rotatable bonds is 5. The predicted molar refractivity (Wildman–Crippen MR) is 120 cm³/mol. The van der Waals surface area contributed by atoms with Gasteiger partial charge in [-0.1, -0.05) is 51.0 Å². The van der Waals surface area contributed by atoms with Crippen LogP contribution in [-0.4, -0.2) is 23.0 Å². The summed E-state index contributed by atoms with van der Waals surface area (Å²) in [6.45, 7) is 0.332. The van der Waals surface area contributed by atoms with Crippen molar-refractivity contribution in [2.24, 2.45) is 0 Å². The summed E-state index contributed by atoms with van der Waals surface area (Å²) in [6, 6.07) is 14.6. The van der Waals surface area contributed by atoms with E-state index in [2.05, 4.69) is 20.9 Å². The fourth-order valence-electron chi connectivity index (χ4n) is 2.90. The predicted octanol–water partition coefficient (Wildman–Crippen LogP) is 5.96. The lowest BCUT2D eigenvalue weighted by Gasteiger charge is -2.20. The average molecular weight is 489 g/mol. The number of thiazole rings is 1. The minimum atomic E-state index is -0.163. The molecule has 0 unspecified atom stereocenters. The second kappa shape index (κ2) is 8.49. The number of ether oxygens (including phenoxy) is 1. The highest BCUT2D eigenvalue weighted by Crippen LogP contribution is 2.39. The largest absolute Gasteiger partial charge is 0.494 e. The number of aromatic nitrogens is 2. The zero-order valence-corrected chi connectivity index (χ0v) is 18.5. The fourth-order valence-corrected chi connectivity index (χ4v) is 4.55. The van der Waals surface area contributed by atoms with Gasteiger partial charge in [0.15, 0.2) is 5.13 Å². The van der Waals surface area contributed by atoms with Gasteiger partial charge < -0.3 is 4.74 Å². The monoisotopic (exact) mass is 487 g/mol. The van der Waals surface area contributed by atoms with Crippen LogP contribution in [0.25, 0.3) is 10.2 Å². The van der Waals surface area contributed by atoms with Crippen LogP contribution in [0.4, 0.5) is 5.13 Å². The van der Waals surface area contributed by atoms with Gasteiger partial charge in [0.1, 0.15) is 11.3 Å². The van der Waals surface area contributed by atoms with E-state index in [9.17, 15) is 4.79 Å². The van der Waals surface area contributed by atoms with E-state index >= 15 is 0 Å². The lowest BCUT2D eigenvalue weighted by Crippen LogP contribution is -2.30. The van der Waals surface area contributed by atoms with E-state index in [-0.39, 0.29) is 5.91 Å². The van der Waals surface area contributed by atoms with Gasteiger partial charge in [0.25, 0.3) is 5.91 Å². The summed E-state index contributed by atoms with van der Waals surface area (Å²) < 4.78 is 7.03. The first-order valence-electron chi connectivity index (χ1n) is 8.66. The van der Waals surface area contributed by atoms with Gasteiger partial charge in [-0.3, -0.25) is 14.7 Å². The third kappa shape index (κ3) is 4.12. The molecule has 4 aromatic rings. The number of hydrogen-bond donors (Lipinski definition) is 0. The van der Waals surface area contributed by atoms with Gasteiger partial charge in [-0.25, -0.2) is 4.98 Å². The molecule has 0 atom stereocenters. The van der Waals surface area contributed by atoms with E-state index in [1.54, 1.807) is 48.7 Å². The Balaban J connectivity index is 1.83. The molecule has 0 radical (unpaired) electrons. The molecule has 0 aliphatic heterocycles. The summed E-state index contributed by atoms with van der Waals surface area (Å²) in [5.41, 5.74) is 2.09. The zero-order chi connectivity index (χ0) is 20.4. The van der Waals surface area contributed by atoms with Crippen LogP contribution in [0.5, 0.6) is 5.75 Å². The van der Waals surface area contributed by atoms with E-state index in [1.165, 1.54) is 11.3 Å². The number of benzene rings is 2. The summed E-state index contributed by atoms with van der Waals surface area (Å²) in [7, 11) is 1.59. The highest BCUT2D eigenvalue weighted by Gasteiger charge is 2.23. The molecule has 0 N–H and O–H groups in total. The van der Waals surface area contributed by atoms with Gasteiger partial charge in [-0.15, -0.1) is 0 Å². The van der Waals surface area contributed by atoms with Crippen molar-refractivity contribution >= 4 is 60.1 Å². The summed E-state index contributed by atoms with van der Waals surface area (Å²) in [4.78, 5) is 23.9. The average Bonchev–Trinajstić information content (AvgIpc) is 3.19. The first-order chi connectivity index (χ1) is 14.1. The van der Waals surface area contributed by atoms with Gasteiger partial charge >= 0.3 is 0 Å². The molecule has 2 aromatic carbocycles. The molecule has 0 aliphatic rings. The van der Waals surface area contributed by atoms with Crippen molar-refractivity contribution < 1.29 is 9.53 Å². The molecule has 1 amide bonds. The Morgan fingerprint density at radius 3 is 2.83 bits per heavy atom. The van der Waals surface area contributed by atoms with Crippen molar-refractivity contribution in [2.75, 3.05) is 12.0 Å². The lowest BCUT2D eigenvalue weighted by molar-refractivity contribution is 0.0985. The number of carbonyl (C=O) groups is 1. The summed E-state index contributed by atoms with van der Waals surface area (Å²) in [5.74, 6) is 0.451. The Morgan fingerprint density at radius 2 is 2.10 bits per heavy atom. The van der Waals surface area contributed by atoms with Crippen molar-refractivity contribution in [1.29, 1.82) is 0 Å². The minimum Gasteiger partial charge on any atom is -0.494 e. The van der Waals surface area contributed by atoms with Crippen LogP contribution in [0.1, 0.15) is 15.9 Å². The maximum atomic E-state index is 13.4. The van der Waals surface area contributed by atoms with Crippen LogP contribution >= 0.6 is 38.9 Å². The number of nitrogens with zero attached hydrogens (tertiary/aromatic N) is 3. The third-order valence-electron chi connectivity index (χ3n) is 4.28. The molecule has 146 valence electrons. The smallest absolute Gasteiger partial charge is 0.260 e. The fraction of sp³-hybridized carbons (Fsp3) is 0.0952. The number of anilines is 1. The van der Waals surface area contributed by atoms with Crippen LogP contribution in [0.15, 0.2) is 65.4 Å². The molecule has 2 heterocycles. The Labute approximate surface area is 185 Å². The maximum absolute atomic E-state index is 13.4. The van der Waals surface area contributed by atoms with E-state index in [0.29, 0.717) is 33.5 Å². The molecule has 2 aromatic heterocycles. The molecule has 5 nitrogen and oxygen atoms in total. The molecule has 0 spiro atoms. The van der Waals surface area contributed by atoms with E-state index in [0.717, 1.165) is 14.7 Å². The van der Waals surface area contributed by atoms with Gasteiger partial charge in [0, 0.05) is 22.4 Å². The highest BCUT2D eigenvalue weighted by molar-refractivity contribution is 9.10. The molecule has 0 saturated heterocycles. The number of pyridine rings is 1. The summed E-state index contributed by atoms with van der Waals surface area (Å²) in [6.07, 6.45) is 3.44. The number of hydrogen-bond acceptors (Lipinski definition) is 5. The summed E-state index contributed by atoms with van der Waals surface area (Å²) >= 11 is 11.2. The standard InChI is InChI=1S/C21H15BrClN3O2S/c1-28-17-8-7-16(23)19-18(17)25-21(29-19)26(12-13-4-3-9-24-11-13)20(27)14-5-2-6-15(22)10-14/h2-11H,12H2,1H3.